The predicted molar refractivity (Wildman–Crippen MR) is 201 cm³/mol. The van der Waals surface area contributed by atoms with E-state index in [-0.39, 0.29) is 91.4 Å². The molecule has 0 spiro atoms. The van der Waals surface area contributed by atoms with Crippen LogP contribution in [-0.2, 0) is 74.4 Å². The number of nitrogens with one attached hydrogen (secondary N) is 4. The first-order valence-electron chi connectivity index (χ1n) is 17.8. The van der Waals surface area contributed by atoms with Gasteiger partial charge in [0.1, 0.15) is 12.2 Å². The number of carbonyl (C=O) groups is 5. The van der Waals surface area contributed by atoms with Crippen molar-refractivity contribution in [2.75, 3.05) is 79.2 Å². The predicted octanol–water partition coefficient (Wildman–Crippen LogP) is 2.70. The molecule has 0 aromatic carbocycles. The van der Waals surface area contributed by atoms with Crippen LogP contribution < -0.4 is 21.3 Å². The molecule has 0 aromatic heterocycles. The van der Waals surface area contributed by atoms with E-state index < -0.39 is 57.5 Å². The molecule has 0 rings (SSSR count). The van der Waals surface area contributed by atoms with Gasteiger partial charge >= 0.3 is 33.6 Å². The van der Waals surface area contributed by atoms with Gasteiger partial charge in [-0.1, -0.05) is 12.2 Å². The van der Waals surface area contributed by atoms with E-state index in [9.17, 15) is 33.1 Å². The highest BCUT2D eigenvalue weighted by Gasteiger charge is 2.30. The second-order valence-corrected chi connectivity index (χ2v) is 15.2. The van der Waals surface area contributed by atoms with Crippen LogP contribution in [0.5, 0.6) is 0 Å². The van der Waals surface area contributed by atoms with Gasteiger partial charge in [-0.25, -0.2) is 13.9 Å². The summed E-state index contributed by atoms with van der Waals surface area (Å²) in [7, 11) is -8.39. The number of ether oxygens (including phenoxy) is 4. The summed E-state index contributed by atoms with van der Waals surface area (Å²) in [4.78, 5) is 57.9. The van der Waals surface area contributed by atoms with Gasteiger partial charge in [0, 0.05) is 53.6 Å². The highest BCUT2D eigenvalue weighted by atomic mass is 31.2. The Bertz CT molecular complexity index is 1210. The van der Waals surface area contributed by atoms with Crippen LogP contribution in [0.4, 0.5) is 4.79 Å². The highest BCUT2D eigenvalue weighted by molar-refractivity contribution is 7.48. The summed E-state index contributed by atoms with van der Waals surface area (Å²) in [5.74, 6) is -1.62. The lowest BCUT2D eigenvalue weighted by Crippen LogP contribution is -2.40. The number of hydrogen-bond acceptors (Lipinski definition) is 17. The van der Waals surface area contributed by atoms with Gasteiger partial charge in [0.15, 0.2) is 0 Å². The van der Waals surface area contributed by atoms with Crippen LogP contribution in [0.15, 0.2) is 25.3 Å². The monoisotopic (exact) mass is 846 g/mol. The standard InChI is InChI=1S/C33H60N4O17P2/c1-9-15-47-55(43,51-23-31(36-27(5)38)21-45-17-11-25(3)53-29(7)40)49-19-13-34-33(42)35-14-20-50-56(44,48-16-10-2)52-24-32(37-28(6)39)22-46-18-12-26(4)54-30(8)41/h9-10,25-26,31-32H,1-2,11-24H2,3-8H3,(H,36,38)(H,37,39)(H2,34,35,42)/t25-,26-,31+,32+,55?,56?/m1/s1. The zero-order valence-corrected chi connectivity index (χ0v) is 34.9. The molecule has 23 heteroatoms. The summed E-state index contributed by atoms with van der Waals surface area (Å²) in [6.45, 7) is 14.1. The van der Waals surface area contributed by atoms with Crippen LogP contribution in [0.1, 0.15) is 54.4 Å². The molecule has 0 fully saturated rings. The van der Waals surface area contributed by atoms with Crippen molar-refractivity contribution in [2.24, 2.45) is 0 Å². The van der Waals surface area contributed by atoms with Crippen molar-refractivity contribution in [3.8, 4) is 0 Å². The maximum absolute atomic E-state index is 13.2. The average Bonchev–Trinajstić information content (AvgIpc) is 3.10. The third-order valence-electron chi connectivity index (χ3n) is 6.37. The summed E-state index contributed by atoms with van der Waals surface area (Å²) in [5, 5.41) is 10.2. The van der Waals surface area contributed by atoms with Crippen LogP contribution in [0, 0.1) is 0 Å². The van der Waals surface area contributed by atoms with E-state index in [0.29, 0.717) is 12.8 Å². The molecular formula is C33H60N4O17P2. The Hall–Kier alpha value is -3.23. The number of rotatable bonds is 34. The molecule has 324 valence electrons. The zero-order valence-electron chi connectivity index (χ0n) is 33.1. The topological polar surface area (TPSA) is 260 Å². The smallest absolute Gasteiger partial charge is 0.463 e. The van der Waals surface area contributed by atoms with Gasteiger partial charge in [-0.05, 0) is 13.8 Å². The molecule has 0 radical (unpaired) electrons. The lowest BCUT2D eigenvalue weighted by Gasteiger charge is -2.23. The van der Waals surface area contributed by atoms with Gasteiger partial charge in [0.25, 0.3) is 0 Å². The molecule has 56 heavy (non-hydrogen) atoms. The van der Waals surface area contributed by atoms with Crippen molar-refractivity contribution >= 4 is 45.4 Å². The van der Waals surface area contributed by atoms with E-state index in [4.69, 9.17) is 46.1 Å². The van der Waals surface area contributed by atoms with Crippen molar-refractivity contribution in [2.45, 2.75) is 78.7 Å². The lowest BCUT2D eigenvalue weighted by atomic mass is 10.3. The van der Waals surface area contributed by atoms with E-state index in [0.717, 1.165) is 0 Å². The minimum absolute atomic E-state index is 0.0193. The SMILES string of the molecule is C=CCOP(=O)(OCCNC(=O)NCCOP(=O)(OCC=C)OC[C@H](COCC[C@@H](C)OC(C)=O)NC(C)=O)OC[C@H](COCC[C@@H](C)OC(C)=O)NC(C)=O. The van der Waals surface area contributed by atoms with Crippen LogP contribution in [0.2, 0.25) is 0 Å². The van der Waals surface area contributed by atoms with Gasteiger partial charge < -0.3 is 40.2 Å². The number of amides is 4. The van der Waals surface area contributed by atoms with Crippen LogP contribution in [0.3, 0.4) is 0 Å². The normalized spacial score (nSPS) is 15.4. The molecule has 0 aliphatic rings. The fourth-order valence-corrected chi connectivity index (χ4v) is 6.43. The Morgan fingerprint density at radius 1 is 0.571 bits per heavy atom. The summed E-state index contributed by atoms with van der Waals surface area (Å²) in [6, 6.07) is -2.15. The number of carbonyl (C=O) groups excluding carboxylic acids is 5. The van der Waals surface area contributed by atoms with Crippen molar-refractivity contribution in [1.29, 1.82) is 0 Å². The molecule has 0 aliphatic carbocycles. The molecule has 0 bridgehead atoms. The van der Waals surface area contributed by atoms with Crippen LogP contribution in [0.25, 0.3) is 0 Å². The molecule has 0 heterocycles. The number of phosphoric ester groups is 2. The Balaban J connectivity index is 4.89. The van der Waals surface area contributed by atoms with Crippen molar-refractivity contribution < 1.29 is 79.2 Å². The maximum atomic E-state index is 13.2. The first-order valence-corrected chi connectivity index (χ1v) is 20.7. The largest absolute Gasteiger partial charge is 0.475 e. The summed E-state index contributed by atoms with van der Waals surface area (Å²) < 4.78 is 79.6. The molecule has 6 atom stereocenters. The van der Waals surface area contributed by atoms with Gasteiger partial charge in [-0.2, -0.15) is 0 Å². The van der Waals surface area contributed by atoms with Crippen molar-refractivity contribution in [1.82, 2.24) is 21.3 Å². The fraction of sp³-hybridized carbons (Fsp3) is 0.727. The maximum Gasteiger partial charge on any atom is 0.475 e. The summed E-state index contributed by atoms with van der Waals surface area (Å²) >= 11 is 0. The van der Waals surface area contributed by atoms with E-state index in [1.165, 1.54) is 39.8 Å². The first kappa shape index (κ1) is 52.8. The molecule has 2 unspecified atom stereocenters. The molecule has 4 amide bonds. The number of urea groups is 1. The van der Waals surface area contributed by atoms with E-state index in [2.05, 4.69) is 34.4 Å². The molecule has 4 N–H and O–H groups in total. The minimum atomic E-state index is -4.20. The van der Waals surface area contributed by atoms with Crippen LogP contribution >= 0.6 is 15.6 Å². The fourth-order valence-electron chi connectivity index (χ4n) is 4.05. The zero-order chi connectivity index (χ0) is 42.4. The molecule has 0 saturated heterocycles. The molecule has 21 nitrogen and oxygen atoms in total. The lowest BCUT2D eigenvalue weighted by molar-refractivity contribution is -0.147. The second kappa shape index (κ2) is 30.8. The van der Waals surface area contributed by atoms with Crippen molar-refractivity contribution in [3.05, 3.63) is 25.3 Å². The Morgan fingerprint density at radius 2 is 0.946 bits per heavy atom. The first-order chi connectivity index (χ1) is 26.4. The number of esters is 2. The third-order valence-corrected chi connectivity index (χ3v) is 9.23. The summed E-state index contributed by atoms with van der Waals surface area (Å²) in [6.07, 6.45) is 2.73. The Labute approximate surface area is 328 Å². The van der Waals surface area contributed by atoms with Gasteiger partial charge in [0.05, 0.1) is 78.2 Å². The second-order valence-electron chi connectivity index (χ2n) is 11.9. The number of phosphoric acid groups is 2. The van der Waals surface area contributed by atoms with E-state index in [1.807, 2.05) is 0 Å². The molecule has 0 aromatic rings. The molecule has 0 aliphatic heterocycles. The van der Waals surface area contributed by atoms with Gasteiger partial charge in [0.2, 0.25) is 11.8 Å². The van der Waals surface area contributed by atoms with Gasteiger partial charge in [-0.3, -0.25) is 46.3 Å². The Kier molecular flexibility index (Phi) is 29.1. The summed E-state index contributed by atoms with van der Waals surface area (Å²) in [5.41, 5.74) is 0. The number of hydrogen-bond donors (Lipinski definition) is 4. The van der Waals surface area contributed by atoms with Gasteiger partial charge in [-0.15, -0.1) is 13.2 Å². The molecule has 0 saturated carbocycles. The third kappa shape index (κ3) is 30.0. The van der Waals surface area contributed by atoms with E-state index >= 15 is 0 Å². The molecular weight excluding hydrogens is 786 g/mol. The van der Waals surface area contributed by atoms with E-state index in [1.54, 1.807) is 13.8 Å². The Morgan fingerprint density at radius 3 is 1.27 bits per heavy atom. The van der Waals surface area contributed by atoms with Crippen molar-refractivity contribution in [3.63, 3.8) is 0 Å². The average molecular weight is 847 g/mol. The highest BCUT2D eigenvalue weighted by Crippen LogP contribution is 2.50. The van der Waals surface area contributed by atoms with Crippen LogP contribution in [-0.4, -0.2) is 133 Å². The quantitative estimate of drug-likeness (QED) is 0.0314. The minimum Gasteiger partial charge on any atom is -0.463 e.